The van der Waals surface area contributed by atoms with Crippen molar-refractivity contribution in [3.63, 3.8) is 0 Å². The quantitative estimate of drug-likeness (QED) is 0.880. The molecule has 0 radical (unpaired) electrons. The molecule has 1 fully saturated rings. The topological polar surface area (TPSA) is 69.6 Å². The minimum atomic E-state index is 0.409. The zero-order valence-corrected chi connectivity index (χ0v) is 12.6. The highest BCUT2D eigenvalue weighted by Crippen LogP contribution is 2.38. The molecule has 1 aliphatic rings. The third-order valence-electron chi connectivity index (χ3n) is 3.71. The van der Waals surface area contributed by atoms with Crippen molar-refractivity contribution >= 4 is 28.9 Å². The molecule has 1 aliphatic carbocycles. The average Bonchev–Trinajstić information content (AvgIpc) is 3.15. The van der Waals surface area contributed by atoms with Gasteiger partial charge in [0.1, 0.15) is 0 Å². The molecule has 1 unspecified atom stereocenters. The molecule has 7 heteroatoms. The van der Waals surface area contributed by atoms with Gasteiger partial charge in [-0.15, -0.1) is 5.10 Å². The fourth-order valence-electron chi connectivity index (χ4n) is 2.38. The van der Waals surface area contributed by atoms with E-state index in [1.807, 2.05) is 0 Å². The molecule has 1 aromatic heterocycles. The van der Waals surface area contributed by atoms with Crippen molar-refractivity contribution in [3.05, 3.63) is 22.2 Å². The van der Waals surface area contributed by atoms with Gasteiger partial charge in [0.2, 0.25) is 0 Å². The lowest BCUT2D eigenvalue weighted by molar-refractivity contribution is 0.402. The van der Waals surface area contributed by atoms with Crippen LogP contribution < -0.4 is 5.73 Å². The standard InChI is InChI=1S/C13H15Cl2N5/c1-7(8-2-3-8)6-20-13(17-18-19-20)10-4-9(16)5-11(14)12(10)15/h4-5,7-8H,2-3,6,16H2,1H3. The molecule has 106 valence electrons. The summed E-state index contributed by atoms with van der Waals surface area (Å²) in [4.78, 5) is 0. The third-order valence-corrected chi connectivity index (χ3v) is 4.51. The smallest absolute Gasteiger partial charge is 0.183 e. The van der Waals surface area contributed by atoms with Crippen molar-refractivity contribution in [2.75, 3.05) is 5.73 Å². The van der Waals surface area contributed by atoms with Gasteiger partial charge in [0.05, 0.1) is 10.0 Å². The van der Waals surface area contributed by atoms with Crippen LogP contribution in [-0.2, 0) is 6.54 Å². The van der Waals surface area contributed by atoms with E-state index in [4.69, 9.17) is 28.9 Å². The van der Waals surface area contributed by atoms with Crippen molar-refractivity contribution in [3.8, 4) is 11.4 Å². The lowest BCUT2D eigenvalue weighted by Gasteiger charge is -2.12. The molecule has 0 bridgehead atoms. The average molecular weight is 312 g/mol. The maximum Gasteiger partial charge on any atom is 0.183 e. The number of aromatic nitrogens is 4. The van der Waals surface area contributed by atoms with Crippen LogP contribution in [0.3, 0.4) is 0 Å². The Bertz CT molecular complexity index is 636. The van der Waals surface area contributed by atoms with Crippen molar-refractivity contribution in [2.24, 2.45) is 11.8 Å². The Morgan fingerprint density at radius 3 is 2.85 bits per heavy atom. The van der Waals surface area contributed by atoms with E-state index in [1.54, 1.807) is 16.8 Å². The van der Waals surface area contributed by atoms with Crippen LogP contribution in [0.1, 0.15) is 19.8 Å². The Kier molecular flexibility index (Phi) is 3.56. The number of anilines is 1. The second-order valence-corrected chi connectivity index (χ2v) is 6.15. The molecular weight excluding hydrogens is 297 g/mol. The monoisotopic (exact) mass is 311 g/mol. The number of hydrogen-bond donors (Lipinski definition) is 1. The highest BCUT2D eigenvalue weighted by molar-refractivity contribution is 6.43. The molecule has 1 aromatic carbocycles. The van der Waals surface area contributed by atoms with Crippen LogP contribution in [0.2, 0.25) is 10.0 Å². The molecule has 0 aliphatic heterocycles. The summed E-state index contributed by atoms with van der Waals surface area (Å²) < 4.78 is 1.78. The molecule has 2 aromatic rings. The van der Waals surface area contributed by atoms with Gasteiger partial charge in [-0.05, 0) is 47.2 Å². The van der Waals surface area contributed by atoms with Crippen LogP contribution in [0.5, 0.6) is 0 Å². The second-order valence-electron chi connectivity index (χ2n) is 5.36. The Balaban J connectivity index is 1.96. The van der Waals surface area contributed by atoms with Crippen molar-refractivity contribution < 1.29 is 0 Å². The normalized spacial score (nSPS) is 16.4. The molecule has 1 heterocycles. The maximum atomic E-state index is 6.24. The van der Waals surface area contributed by atoms with E-state index >= 15 is 0 Å². The number of tetrazole rings is 1. The van der Waals surface area contributed by atoms with E-state index < -0.39 is 0 Å². The molecule has 0 spiro atoms. The number of benzene rings is 1. The summed E-state index contributed by atoms with van der Waals surface area (Å²) in [5.41, 5.74) is 7.03. The van der Waals surface area contributed by atoms with Gasteiger partial charge in [-0.3, -0.25) is 0 Å². The highest BCUT2D eigenvalue weighted by atomic mass is 35.5. The Morgan fingerprint density at radius 1 is 1.40 bits per heavy atom. The van der Waals surface area contributed by atoms with Crippen molar-refractivity contribution in [1.29, 1.82) is 0 Å². The van der Waals surface area contributed by atoms with E-state index in [0.717, 1.165) is 12.5 Å². The van der Waals surface area contributed by atoms with E-state index in [1.165, 1.54) is 12.8 Å². The first-order chi connectivity index (χ1) is 9.56. The molecule has 5 nitrogen and oxygen atoms in total. The Labute approximate surface area is 127 Å². The van der Waals surface area contributed by atoms with Gasteiger partial charge < -0.3 is 5.73 Å². The van der Waals surface area contributed by atoms with Gasteiger partial charge in [0.15, 0.2) is 5.82 Å². The van der Waals surface area contributed by atoms with Gasteiger partial charge in [-0.1, -0.05) is 30.1 Å². The molecule has 1 saturated carbocycles. The number of nitrogen functional groups attached to an aromatic ring is 1. The first kappa shape index (κ1) is 13.6. The number of halogens is 2. The van der Waals surface area contributed by atoms with E-state index in [9.17, 15) is 0 Å². The summed E-state index contributed by atoms with van der Waals surface area (Å²) in [6, 6.07) is 3.37. The lowest BCUT2D eigenvalue weighted by Crippen LogP contribution is -2.12. The number of hydrogen-bond acceptors (Lipinski definition) is 4. The van der Waals surface area contributed by atoms with Crippen LogP contribution in [-0.4, -0.2) is 20.2 Å². The summed E-state index contributed by atoms with van der Waals surface area (Å²) in [6.07, 6.45) is 2.59. The van der Waals surface area contributed by atoms with Gasteiger partial charge in [0.25, 0.3) is 0 Å². The number of nitrogens with zero attached hydrogens (tertiary/aromatic N) is 4. The summed E-state index contributed by atoms with van der Waals surface area (Å²) >= 11 is 12.3. The number of nitrogens with two attached hydrogens (primary N) is 1. The molecular formula is C13H15Cl2N5. The zero-order chi connectivity index (χ0) is 14.3. The van der Waals surface area contributed by atoms with Crippen LogP contribution in [0.15, 0.2) is 12.1 Å². The SMILES string of the molecule is CC(Cn1nnnc1-c1cc(N)cc(Cl)c1Cl)C1CC1. The predicted molar refractivity (Wildman–Crippen MR) is 79.6 cm³/mol. The largest absolute Gasteiger partial charge is 0.399 e. The molecule has 0 saturated heterocycles. The first-order valence-electron chi connectivity index (χ1n) is 6.57. The number of rotatable bonds is 4. The van der Waals surface area contributed by atoms with Crippen LogP contribution in [0, 0.1) is 11.8 Å². The summed E-state index contributed by atoms with van der Waals surface area (Å²) in [6.45, 7) is 2.99. The third kappa shape index (κ3) is 2.60. The van der Waals surface area contributed by atoms with E-state index in [0.29, 0.717) is 33.0 Å². The minimum absolute atomic E-state index is 0.409. The highest BCUT2D eigenvalue weighted by Gasteiger charge is 2.29. The van der Waals surface area contributed by atoms with Crippen LogP contribution in [0.4, 0.5) is 5.69 Å². The van der Waals surface area contributed by atoms with Gasteiger partial charge >= 0.3 is 0 Å². The molecule has 0 amide bonds. The molecule has 1 atom stereocenters. The van der Waals surface area contributed by atoms with Gasteiger partial charge in [0, 0.05) is 17.8 Å². The molecule has 20 heavy (non-hydrogen) atoms. The van der Waals surface area contributed by atoms with Gasteiger partial charge in [-0.25, -0.2) is 4.68 Å². The lowest BCUT2D eigenvalue weighted by atomic mass is 10.1. The van der Waals surface area contributed by atoms with E-state index in [2.05, 4.69) is 22.4 Å². The Hall–Kier alpha value is -1.33. The minimum Gasteiger partial charge on any atom is -0.399 e. The summed E-state index contributed by atoms with van der Waals surface area (Å²) in [7, 11) is 0. The van der Waals surface area contributed by atoms with Crippen molar-refractivity contribution in [1.82, 2.24) is 20.2 Å². The molecule has 2 N–H and O–H groups in total. The van der Waals surface area contributed by atoms with E-state index in [-0.39, 0.29) is 0 Å². The van der Waals surface area contributed by atoms with Gasteiger partial charge in [-0.2, -0.15) is 0 Å². The van der Waals surface area contributed by atoms with Crippen LogP contribution >= 0.6 is 23.2 Å². The molecule has 3 rings (SSSR count). The fourth-order valence-corrected chi connectivity index (χ4v) is 2.80. The second kappa shape index (κ2) is 5.22. The zero-order valence-electron chi connectivity index (χ0n) is 11.1. The van der Waals surface area contributed by atoms with Crippen molar-refractivity contribution in [2.45, 2.75) is 26.3 Å². The summed E-state index contributed by atoms with van der Waals surface area (Å²) in [5, 5.41) is 12.7. The first-order valence-corrected chi connectivity index (χ1v) is 7.33. The summed E-state index contributed by atoms with van der Waals surface area (Å²) in [5.74, 6) is 1.94. The predicted octanol–water partition coefficient (Wildman–Crippen LogP) is 3.28. The Morgan fingerprint density at radius 2 is 2.15 bits per heavy atom. The van der Waals surface area contributed by atoms with Crippen LogP contribution in [0.25, 0.3) is 11.4 Å². The maximum absolute atomic E-state index is 6.24. The fraction of sp³-hybridized carbons (Fsp3) is 0.462.